The molecule has 0 radical (unpaired) electrons. The van der Waals surface area contributed by atoms with Crippen LogP contribution in [0.25, 0.3) is 0 Å². The van der Waals surface area contributed by atoms with Gasteiger partial charge in [-0.05, 0) is 0 Å². The summed E-state index contributed by atoms with van der Waals surface area (Å²) in [6.45, 7) is -0.413. The van der Waals surface area contributed by atoms with E-state index in [-0.39, 0.29) is 12.3 Å². The molecule has 0 aromatic carbocycles. The van der Waals surface area contributed by atoms with Crippen molar-refractivity contribution in [2.45, 2.75) is 37.2 Å². The molecule has 9 nitrogen and oxygen atoms in total. The largest absolute Gasteiger partial charge is 0.394 e. The van der Waals surface area contributed by atoms with Crippen molar-refractivity contribution in [2.75, 3.05) is 6.61 Å². The molecular formula is C9H15N3O6. The van der Waals surface area contributed by atoms with Crippen LogP contribution in [0.4, 0.5) is 4.79 Å². The minimum atomic E-state index is -1.59. The zero-order valence-electron chi connectivity index (χ0n) is 9.38. The number of urea groups is 1. The second-order valence-corrected chi connectivity index (χ2v) is 4.20. The quantitative estimate of drug-likeness (QED) is 0.354. The Morgan fingerprint density at radius 1 is 1.44 bits per heavy atom. The van der Waals surface area contributed by atoms with Crippen LogP contribution in [-0.2, 0) is 4.74 Å². The summed E-state index contributed by atoms with van der Waals surface area (Å²) in [4.78, 5) is 15.8. The van der Waals surface area contributed by atoms with Gasteiger partial charge in [0.25, 0.3) is 0 Å². The standard InChI is InChI=1S/C9H15N3O6/c10-7-6(15)8(16)12(9(17)11-7)5-1-3(14)4(2-13)18-5/h3-6,8,13-16H,1-2H2,(H2,10,11,17)/t3-,4+,5+,6-,8-/m0/s1. The van der Waals surface area contributed by atoms with Crippen LogP contribution in [0.3, 0.4) is 0 Å². The highest BCUT2D eigenvalue weighted by atomic mass is 16.5. The van der Waals surface area contributed by atoms with Gasteiger partial charge in [-0.2, -0.15) is 4.99 Å². The lowest BCUT2D eigenvalue weighted by Gasteiger charge is -2.36. The van der Waals surface area contributed by atoms with Gasteiger partial charge in [0.1, 0.15) is 18.2 Å². The zero-order chi connectivity index (χ0) is 13.4. The first-order chi connectivity index (χ1) is 8.45. The molecule has 0 unspecified atom stereocenters. The number of aliphatic hydroxyl groups excluding tert-OH is 4. The van der Waals surface area contributed by atoms with E-state index in [0.717, 1.165) is 4.90 Å². The predicted octanol–water partition coefficient (Wildman–Crippen LogP) is -3.07. The average Bonchev–Trinajstić information content (AvgIpc) is 2.67. The fourth-order valence-electron chi connectivity index (χ4n) is 2.00. The summed E-state index contributed by atoms with van der Waals surface area (Å²) >= 11 is 0. The molecule has 1 fully saturated rings. The first-order valence-corrected chi connectivity index (χ1v) is 5.42. The van der Waals surface area contributed by atoms with E-state index in [1.807, 2.05) is 0 Å². The lowest BCUT2D eigenvalue weighted by Crippen LogP contribution is -2.58. The molecule has 2 heterocycles. The summed E-state index contributed by atoms with van der Waals surface area (Å²) in [5, 5.41) is 37.8. The maximum absolute atomic E-state index is 11.6. The summed E-state index contributed by atoms with van der Waals surface area (Å²) < 4.78 is 5.21. The highest BCUT2D eigenvalue weighted by Crippen LogP contribution is 2.27. The molecule has 1 saturated heterocycles. The van der Waals surface area contributed by atoms with E-state index in [2.05, 4.69) is 4.99 Å². The minimum Gasteiger partial charge on any atom is -0.394 e. The Kier molecular flexibility index (Phi) is 3.50. The number of carbonyl (C=O) groups is 1. The second kappa shape index (κ2) is 4.78. The number of aliphatic imine (C=N–C) groups is 1. The van der Waals surface area contributed by atoms with Gasteiger partial charge in [0.05, 0.1) is 12.7 Å². The van der Waals surface area contributed by atoms with Crippen LogP contribution in [0.1, 0.15) is 6.42 Å². The molecule has 9 heteroatoms. The van der Waals surface area contributed by atoms with Crippen molar-refractivity contribution in [2.24, 2.45) is 10.7 Å². The van der Waals surface area contributed by atoms with Crippen molar-refractivity contribution in [3.63, 3.8) is 0 Å². The highest BCUT2D eigenvalue weighted by Gasteiger charge is 2.45. The van der Waals surface area contributed by atoms with Gasteiger partial charge in [-0.3, -0.25) is 4.90 Å². The van der Waals surface area contributed by atoms with Crippen LogP contribution < -0.4 is 5.73 Å². The molecule has 18 heavy (non-hydrogen) atoms. The maximum atomic E-state index is 11.6. The smallest absolute Gasteiger partial charge is 0.349 e. The molecule has 102 valence electrons. The number of amides is 2. The Balaban J connectivity index is 2.17. The van der Waals surface area contributed by atoms with Gasteiger partial charge in [-0.1, -0.05) is 0 Å². The van der Waals surface area contributed by atoms with Crippen molar-refractivity contribution in [1.82, 2.24) is 4.90 Å². The van der Waals surface area contributed by atoms with Crippen LogP contribution in [0.2, 0.25) is 0 Å². The molecule has 6 N–H and O–H groups in total. The summed E-state index contributed by atoms with van der Waals surface area (Å²) in [7, 11) is 0. The van der Waals surface area contributed by atoms with Gasteiger partial charge in [0.15, 0.2) is 12.3 Å². The average molecular weight is 261 g/mol. The summed E-state index contributed by atoms with van der Waals surface area (Å²) in [5.41, 5.74) is 5.26. The Hall–Kier alpha value is -1.26. The monoisotopic (exact) mass is 261 g/mol. The number of ether oxygens (including phenoxy) is 1. The van der Waals surface area contributed by atoms with Crippen LogP contribution in [0.15, 0.2) is 4.99 Å². The molecule has 5 atom stereocenters. The fraction of sp³-hybridized carbons (Fsp3) is 0.778. The number of rotatable bonds is 2. The molecule has 0 saturated carbocycles. The first-order valence-electron chi connectivity index (χ1n) is 5.42. The fourth-order valence-corrected chi connectivity index (χ4v) is 2.00. The molecule has 2 amide bonds. The normalized spacial score (nSPS) is 41.1. The number of carbonyl (C=O) groups excluding carboxylic acids is 1. The van der Waals surface area contributed by atoms with E-state index in [1.54, 1.807) is 0 Å². The molecule has 2 aliphatic rings. The zero-order valence-corrected chi connectivity index (χ0v) is 9.38. The van der Waals surface area contributed by atoms with Gasteiger partial charge in [-0.25, -0.2) is 4.79 Å². The van der Waals surface area contributed by atoms with Gasteiger partial charge in [0, 0.05) is 6.42 Å². The van der Waals surface area contributed by atoms with Gasteiger partial charge in [-0.15, -0.1) is 0 Å². The number of aliphatic hydroxyl groups is 4. The first kappa shape index (κ1) is 13.2. The van der Waals surface area contributed by atoms with Gasteiger partial charge in [0.2, 0.25) is 0 Å². The van der Waals surface area contributed by atoms with Crippen LogP contribution in [0.5, 0.6) is 0 Å². The maximum Gasteiger partial charge on any atom is 0.349 e. The van der Waals surface area contributed by atoms with E-state index >= 15 is 0 Å². The van der Waals surface area contributed by atoms with Crippen LogP contribution in [0, 0.1) is 0 Å². The lowest BCUT2D eigenvalue weighted by molar-refractivity contribution is -0.131. The van der Waals surface area contributed by atoms with E-state index in [4.69, 9.17) is 15.6 Å². The topological polar surface area (TPSA) is 149 Å². The van der Waals surface area contributed by atoms with Crippen molar-refractivity contribution >= 4 is 11.9 Å². The molecule has 0 aromatic rings. The van der Waals surface area contributed by atoms with E-state index < -0.39 is 43.4 Å². The van der Waals surface area contributed by atoms with Gasteiger partial charge < -0.3 is 30.9 Å². The molecule has 2 rings (SSSR count). The molecule has 0 aliphatic carbocycles. The summed E-state index contributed by atoms with van der Waals surface area (Å²) in [6, 6.07) is -0.860. The summed E-state index contributed by atoms with van der Waals surface area (Å²) in [6.07, 6.45) is -5.85. The SMILES string of the molecule is NC1=NC(=O)N([C@H]2C[C@H](O)[C@@H](CO)O2)[C@@H](O)[C@H]1O. The number of hydrogen-bond acceptors (Lipinski definition) is 7. The molecule has 0 aromatic heterocycles. The van der Waals surface area contributed by atoms with Crippen LogP contribution in [-0.4, -0.2) is 74.6 Å². The molecular weight excluding hydrogens is 246 g/mol. The van der Waals surface area contributed by atoms with Crippen molar-refractivity contribution in [1.29, 1.82) is 0 Å². The predicted molar refractivity (Wildman–Crippen MR) is 57.2 cm³/mol. The third kappa shape index (κ3) is 2.06. The highest BCUT2D eigenvalue weighted by molar-refractivity contribution is 5.98. The number of nitrogens with two attached hydrogens (primary N) is 1. The third-order valence-electron chi connectivity index (χ3n) is 3.01. The third-order valence-corrected chi connectivity index (χ3v) is 3.01. The second-order valence-electron chi connectivity index (χ2n) is 4.20. The molecule has 2 aliphatic heterocycles. The number of nitrogens with zero attached hydrogens (tertiary/aromatic N) is 2. The minimum absolute atomic E-state index is 0.0101. The van der Waals surface area contributed by atoms with Crippen molar-refractivity contribution in [3.05, 3.63) is 0 Å². The van der Waals surface area contributed by atoms with E-state index in [0.29, 0.717) is 0 Å². The Morgan fingerprint density at radius 3 is 2.67 bits per heavy atom. The lowest BCUT2D eigenvalue weighted by atomic mass is 10.1. The van der Waals surface area contributed by atoms with Crippen LogP contribution >= 0.6 is 0 Å². The van der Waals surface area contributed by atoms with Gasteiger partial charge >= 0.3 is 6.03 Å². The number of amidine groups is 1. The number of hydrogen-bond donors (Lipinski definition) is 5. The van der Waals surface area contributed by atoms with Crippen molar-refractivity contribution < 1.29 is 30.0 Å². The summed E-state index contributed by atoms with van der Waals surface area (Å²) in [5.74, 6) is -0.374. The Labute approximate surface area is 102 Å². The Bertz CT molecular complexity index is 375. The van der Waals surface area contributed by atoms with Crippen molar-refractivity contribution in [3.8, 4) is 0 Å². The van der Waals surface area contributed by atoms with E-state index in [1.165, 1.54) is 0 Å². The molecule has 0 spiro atoms. The van der Waals surface area contributed by atoms with E-state index in [9.17, 15) is 20.1 Å². The Morgan fingerprint density at radius 2 is 2.11 bits per heavy atom. The molecule has 0 bridgehead atoms.